The van der Waals surface area contributed by atoms with Crippen LogP contribution in [0.1, 0.15) is 18.1 Å². The second-order valence-corrected chi connectivity index (χ2v) is 7.48. The number of nitrogens with zero attached hydrogens (tertiary/aromatic N) is 1. The van der Waals surface area contributed by atoms with Crippen LogP contribution in [-0.4, -0.2) is 20.0 Å². The van der Waals surface area contributed by atoms with Gasteiger partial charge in [-0.2, -0.15) is 0 Å². The van der Waals surface area contributed by atoms with Crippen LogP contribution in [0.15, 0.2) is 64.2 Å². The van der Waals surface area contributed by atoms with E-state index >= 15 is 0 Å². The quantitative estimate of drug-likeness (QED) is 0.686. The monoisotopic (exact) mass is 372 g/mol. The van der Waals surface area contributed by atoms with Crippen LogP contribution in [0, 0.1) is 6.92 Å². The third-order valence-corrected chi connectivity index (χ3v) is 5.22. The lowest BCUT2D eigenvalue weighted by Gasteiger charge is -2.11. The molecule has 136 valence electrons. The maximum absolute atomic E-state index is 12.6. The predicted molar refractivity (Wildman–Crippen MR) is 98.3 cm³/mol. The van der Waals surface area contributed by atoms with Crippen LogP contribution < -0.4 is 9.46 Å². The fourth-order valence-corrected chi connectivity index (χ4v) is 3.61. The third-order valence-electron chi connectivity index (χ3n) is 3.82. The summed E-state index contributed by atoms with van der Waals surface area (Å²) < 4.78 is 38.5. The minimum atomic E-state index is -3.63. The molecule has 0 saturated carbocycles. The number of hydrogen-bond donors (Lipinski definition) is 1. The highest BCUT2D eigenvalue weighted by Gasteiger charge is 2.15. The van der Waals surface area contributed by atoms with Gasteiger partial charge in [-0.3, -0.25) is 4.98 Å². The smallest absolute Gasteiger partial charge is 0.240 e. The summed E-state index contributed by atoms with van der Waals surface area (Å²) in [7, 11) is -3.63. The summed E-state index contributed by atoms with van der Waals surface area (Å²) in [6.07, 6.45) is 3.20. The minimum absolute atomic E-state index is 0.158. The fourth-order valence-electron chi connectivity index (χ4n) is 2.51. The maximum Gasteiger partial charge on any atom is 0.240 e. The Bertz CT molecular complexity index is 983. The molecule has 3 aromatic rings. The van der Waals surface area contributed by atoms with E-state index in [1.807, 2.05) is 13.8 Å². The molecule has 1 aromatic carbocycles. The highest BCUT2D eigenvalue weighted by atomic mass is 32.2. The molecule has 0 bridgehead atoms. The third kappa shape index (κ3) is 4.12. The molecular weight excluding hydrogens is 352 g/mol. The Labute approximate surface area is 152 Å². The van der Waals surface area contributed by atoms with Crippen LogP contribution >= 0.6 is 0 Å². The number of rotatable bonds is 7. The summed E-state index contributed by atoms with van der Waals surface area (Å²) >= 11 is 0. The zero-order valence-corrected chi connectivity index (χ0v) is 15.4. The Balaban J connectivity index is 1.74. The zero-order valence-electron chi connectivity index (χ0n) is 14.6. The van der Waals surface area contributed by atoms with E-state index in [1.54, 1.807) is 54.9 Å². The number of benzene rings is 1. The number of furan rings is 1. The van der Waals surface area contributed by atoms with E-state index in [0.29, 0.717) is 23.8 Å². The number of hydrogen-bond acceptors (Lipinski definition) is 5. The average molecular weight is 372 g/mol. The van der Waals surface area contributed by atoms with Crippen molar-refractivity contribution in [3.05, 3.63) is 66.1 Å². The predicted octanol–water partition coefficient (Wildman–Crippen LogP) is 3.53. The molecule has 0 aliphatic carbocycles. The van der Waals surface area contributed by atoms with Crippen molar-refractivity contribution < 1.29 is 17.6 Å². The van der Waals surface area contributed by atoms with Gasteiger partial charge in [-0.25, -0.2) is 13.1 Å². The van der Waals surface area contributed by atoms with Crippen molar-refractivity contribution in [2.75, 3.05) is 6.61 Å². The first-order chi connectivity index (χ1) is 12.5. The standard InChI is InChI=1S/C19H20N2O4S/c1-3-24-18-7-6-16(11-14(18)2)26(22,23)21-13-15-8-9-20-17(12-15)19-5-4-10-25-19/h4-12,21H,3,13H2,1-2H3. The number of pyridine rings is 1. The van der Waals surface area contributed by atoms with Gasteiger partial charge in [-0.05, 0) is 67.4 Å². The summed E-state index contributed by atoms with van der Waals surface area (Å²) in [5.41, 5.74) is 2.22. The van der Waals surface area contributed by atoms with Crippen LogP contribution in [0.5, 0.6) is 5.75 Å². The normalized spacial score (nSPS) is 11.5. The van der Waals surface area contributed by atoms with Gasteiger partial charge in [0.25, 0.3) is 0 Å². The second kappa shape index (κ2) is 7.72. The highest BCUT2D eigenvalue weighted by Crippen LogP contribution is 2.22. The van der Waals surface area contributed by atoms with Gasteiger partial charge in [-0.15, -0.1) is 0 Å². The molecule has 0 radical (unpaired) electrons. The van der Waals surface area contributed by atoms with Crippen molar-refractivity contribution in [1.82, 2.24) is 9.71 Å². The molecule has 0 unspecified atom stereocenters. The van der Waals surface area contributed by atoms with Gasteiger partial charge in [0.05, 0.1) is 17.8 Å². The summed E-state index contributed by atoms with van der Waals surface area (Å²) in [5.74, 6) is 1.32. The molecule has 1 N–H and O–H groups in total. The molecule has 3 rings (SSSR count). The van der Waals surface area contributed by atoms with Crippen LogP contribution in [0.4, 0.5) is 0 Å². The van der Waals surface area contributed by atoms with Crippen LogP contribution in [0.3, 0.4) is 0 Å². The molecule has 0 spiro atoms. The molecule has 2 heterocycles. The molecule has 0 amide bonds. The topological polar surface area (TPSA) is 81.4 Å². The molecule has 2 aromatic heterocycles. The lowest BCUT2D eigenvalue weighted by atomic mass is 10.2. The zero-order chi connectivity index (χ0) is 18.6. The first-order valence-electron chi connectivity index (χ1n) is 8.21. The van der Waals surface area contributed by atoms with Gasteiger partial charge in [0.2, 0.25) is 10.0 Å². The Morgan fingerprint density at radius 3 is 2.73 bits per heavy atom. The lowest BCUT2D eigenvalue weighted by Crippen LogP contribution is -2.23. The summed E-state index contributed by atoms with van der Waals surface area (Å²) in [6.45, 7) is 4.40. The molecule has 7 heteroatoms. The van der Waals surface area contributed by atoms with Crippen molar-refractivity contribution in [3.63, 3.8) is 0 Å². The Kier molecular flexibility index (Phi) is 5.39. The molecule has 0 fully saturated rings. The molecule has 26 heavy (non-hydrogen) atoms. The molecule has 0 atom stereocenters. The van der Waals surface area contributed by atoms with Crippen molar-refractivity contribution >= 4 is 10.0 Å². The van der Waals surface area contributed by atoms with E-state index in [9.17, 15) is 8.42 Å². The lowest BCUT2D eigenvalue weighted by molar-refractivity contribution is 0.337. The first-order valence-corrected chi connectivity index (χ1v) is 9.70. The number of aromatic nitrogens is 1. The van der Waals surface area contributed by atoms with E-state index in [0.717, 1.165) is 11.1 Å². The molecular formula is C19H20N2O4S. The van der Waals surface area contributed by atoms with Crippen molar-refractivity contribution in [3.8, 4) is 17.2 Å². The number of aryl methyl sites for hydroxylation is 1. The summed E-state index contributed by atoms with van der Waals surface area (Å²) in [6, 6.07) is 12.0. The second-order valence-electron chi connectivity index (χ2n) is 5.71. The Morgan fingerprint density at radius 1 is 1.19 bits per heavy atom. The van der Waals surface area contributed by atoms with Gasteiger partial charge < -0.3 is 9.15 Å². The first kappa shape index (κ1) is 18.2. The highest BCUT2D eigenvalue weighted by molar-refractivity contribution is 7.89. The van der Waals surface area contributed by atoms with E-state index < -0.39 is 10.0 Å². The fraction of sp³-hybridized carbons (Fsp3) is 0.211. The van der Waals surface area contributed by atoms with Crippen LogP contribution in [0.2, 0.25) is 0 Å². The van der Waals surface area contributed by atoms with Crippen LogP contribution in [-0.2, 0) is 16.6 Å². The largest absolute Gasteiger partial charge is 0.494 e. The minimum Gasteiger partial charge on any atom is -0.494 e. The number of ether oxygens (including phenoxy) is 1. The van der Waals surface area contributed by atoms with Crippen molar-refractivity contribution in [2.24, 2.45) is 0 Å². The molecule has 0 saturated heterocycles. The molecule has 6 nitrogen and oxygen atoms in total. The molecule has 0 aliphatic rings. The summed E-state index contributed by atoms with van der Waals surface area (Å²) in [4.78, 5) is 4.45. The Hall–Kier alpha value is -2.64. The maximum atomic E-state index is 12.6. The van der Waals surface area contributed by atoms with Gasteiger partial charge >= 0.3 is 0 Å². The van der Waals surface area contributed by atoms with Gasteiger partial charge in [0, 0.05) is 12.7 Å². The van der Waals surface area contributed by atoms with Gasteiger partial charge in [0.1, 0.15) is 11.4 Å². The van der Waals surface area contributed by atoms with E-state index in [-0.39, 0.29) is 11.4 Å². The number of nitrogens with one attached hydrogen (secondary N) is 1. The Morgan fingerprint density at radius 2 is 2.04 bits per heavy atom. The SMILES string of the molecule is CCOc1ccc(S(=O)(=O)NCc2ccnc(-c3ccco3)c2)cc1C. The van der Waals surface area contributed by atoms with Gasteiger partial charge in [0.15, 0.2) is 5.76 Å². The van der Waals surface area contributed by atoms with Crippen molar-refractivity contribution in [2.45, 2.75) is 25.3 Å². The van der Waals surface area contributed by atoms with Gasteiger partial charge in [-0.1, -0.05) is 0 Å². The number of sulfonamides is 1. The van der Waals surface area contributed by atoms with Crippen LogP contribution in [0.25, 0.3) is 11.5 Å². The van der Waals surface area contributed by atoms with Crippen molar-refractivity contribution in [1.29, 1.82) is 0 Å². The van der Waals surface area contributed by atoms with E-state index in [2.05, 4.69) is 9.71 Å². The molecule has 0 aliphatic heterocycles. The van der Waals surface area contributed by atoms with E-state index in [1.165, 1.54) is 0 Å². The summed E-state index contributed by atoms with van der Waals surface area (Å²) in [5, 5.41) is 0. The average Bonchev–Trinajstić information content (AvgIpc) is 3.17. The van der Waals surface area contributed by atoms with E-state index in [4.69, 9.17) is 9.15 Å².